The van der Waals surface area contributed by atoms with Gasteiger partial charge in [-0.2, -0.15) is 0 Å². The van der Waals surface area contributed by atoms with Crippen molar-refractivity contribution in [2.75, 3.05) is 40.0 Å². The number of halogens is 2. The third-order valence-electron chi connectivity index (χ3n) is 9.77. The van der Waals surface area contributed by atoms with E-state index < -0.39 is 5.91 Å². The summed E-state index contributed by atoms with van der Waals surface area (Å²) in [4.78, 5) is 43.0. The quantitative estimate of drug-likeness (QED) is 0.170. The number of rotatable bonds is 17. The van der Waals surface area contributed by atoms with Gasteiger partial charge in [0.2, 0.25) is 11.8 Å². The van der Waals surface area contributed by atoms with Crippen LogP contribution < -0.4 is 25.3 Å². The Kier molecular flexibility index (Phi) is 12.5. The smallest absolute Gasteiger partial charge is 0.252 e. The molecule has 3 aromatic carbocycles. The number of nitrogens with two attached hydrogens (primary N) is 1. The number of nitrogens with one attached hydrogen (secondary N) is 1. The molecule has 1 saturated carbocycles. The van der Waals surface area contributed by atoms with Crippen LogP contribution in [-0.4, -0.2) is 85.6 Å². The molecule has 3 aromatic rings. The molecule has 0 spiro atoms. The molecule has 276 valence electrons. The van der Waals surface area contributed by atoms with E-state index in [4.69, 9.17) is 19.9 Å². The molecule has 1 unspecified atom stereocenters. The first-order chi connectivity index (χ1) is 25.2. The van der Waals surface area contributed by atoms with Crippen molar-refractivity contribution in [1.82, 2.24) is 15.1 Å². The zero-order chi connectivity index (χ0) is 36.6. The van der Waals surface area contributed by atoms with Gasteiger partial charge in [0, 0.05) is 49.7 Å². The predicted molar refractivity (Wildman–Crippen MR) is 199 cm³/mol. The normalized spacial score (nSPS) is 18.2. The van der Waals surface area contributed by atoms with Crippen LogP contribution in [0.25, 0.3) is 5.57 Å². The molecule has 2 fully saturated rings. The minimum atomic E-state index is -0.418. The Balaban J connectivity index is 1.18. The van der Waals surface area contributed by atoms with E-state index in [2.05, 4.69) is 45.5 Å². The molecular formula is C40H46BrFN4O6. The van der Waals surface area contributed by atoms with Gasteiger partial charge in [0.25, 0.3) is 5.91 Å². The first kappa shape index (κ1) is 37.3. The van der Waals surface area contributed by atoms with Crippen molar-refractivity contribution in [1.29, 1.82) is 0 Å². The standard InChI is InChI=1S/C40H46BrFN4O6/c1-50-31-14-16-32(17-15-31)51-21-19-46(30-12-13-30)40(49)39-33(23-29-24-45(25-35(39)44-29)38(48)6-2-5-37(43)47)27-9-7-26(8-10-27)4-3-20-52-36-22-28(42)11-18-34(36)41/h7-11,14-18,22,29-30,35,44H,2-6,12-13,19-21,23-25H2,1H3,(H2,43,47)/t29?,35-/m1/s1. The third kappa shape index (κ3) is 9.71. The Bertz CT molecular complexity index is 1760. The molecule has 6 rings (SSSR count). The summed E-state index contributed by atoms with van der Waals surface area (Å²) < 4.78 is 31.5. The lowest BCUT2D eigenvalue weighted by molar-refractivity contribution is -0.134. The third-order valence-corrected chi connectivity index (χ3v) is 10.4. The van der Waals surface area contributed by atoms with Gasteiger partial charge in [-0.15, -0.1) is 0 Å². The summed E-state index contributed by atoms with van der Waals surface area (Å²) in [6, 6.07) is 19.9. The van der Waals surface area contributed by atoms with Gasteiger partial charge in [-0.3, -0.25) is 14.4 Å². The van der Waals surface area contributed by atoms with Gasteiger partial charge in [-0.1, -0.05) is 24.3 Å². The van der Waals surface area contributed by atoms with E-state index in [0.29, 0.717) is 67.2 Å². The monoisotopic (exact) mass is 776 g/mol. The summed E-state index contributed by atoms with van der Waals surface area (Å²) in [5.74, 6) is 1.11. The van der Waals surface area contributed by atoms with Crippen molar-refractivity contribution in [2.24, 2.45) is 5.73 Å². The number of nitrogens with zero attached hydrogens (tertiary/aromatic N) is 2. The number of carbonyl (C=O) groups is 3. The van der Waals surface area contributed by atoms with Crippen molar-refractivity contribution in [2.45, 2.75) is 69.5 Å². The van der Waals surface area contributed by atoms with Crippen LogP contribution in [-0.2, 0) is 20.8 Å². The number of hydrogen-bond acceptors (Lipinski definition) is 7. The van der Waals surface area contributed by atoms with Crippen LogP contribution in [0.1, 0.15) is 56.1 Å². The van der Waals surface area contributed by atoms with Crippen molar-refractivity contribution in [3.8, 4) is 17.2 Å². The van der Waals surface area contributed by atoms with Crippen LogP contribution in [0.2, 0.25) is 0 Å². The number of aryl methyl sites for hydroxylation is 1. The van der Waals surface area contributed by atoms with E-state index in [9.17, 15) is 18.8 Å². The Labute approximate surface area is 312 Å². The number of carbonyl (C=O) groups excluding carboxylic acids is 3. The molecule has 2 atom stereocenters. The van der Waals surface area contributed by atoms with E-state index in [1.807, 2.05) is 34.1 Å². The maximum Gasteiger partial charge on any atom is 0.252 e. The molecular weight excluding hydrogens is 731 g/mol. The van der Waals surface area contributed by atoms with Crippen molar-refractivity contribution < 1.29 is 33.0 Å². The van der Waals surface area contributed by atoms with Gasteiger partial charge in [-0.25, -0.2) is 4.39 Å². The van der Waals surface area contributed by atoms with Crippen LogP contribution in [0.3, 0.4) is 0 Å². The molecule has 52 heavy (non-hydrogen) atoms. The van der Waals surface area contributed by atoms with E-state index in [-0.39, 0.29) is 48.6 Å². The van der Waals surface area contributed by atoms with Gasteiger partial charge < -0.3 is 35.1 Å². The number of piperazine rings is 1. The summed E-state index contributed by atoms with van der Waals surface area (Å²) in [5.41, 5.74) is 9.14. The number of primary amides is 1. The number of benzene rings is 3. The number of ether oxygens (including phenoxy) is 3. The van der Waals surface area contributed by atoms with Gasteiger partial charge in [-0.05, 0) is 108 Å². The predicted octanol–water partition coefficient (Wildman–Crippen LogP) is 5.66. The van der Waals surface area contributed by atoms with Gasteiger partial charge in [0.1, 0.15) is 29.7 Å². The highest BCUT2D eigenvalue weighted by Gasteiger charge is 2.43. The van der Waals surface area contributed by atoms with Gasteiger partial charge in [0.15, 0.2) is 0 Å². The molecule has 2 aliphatic heterocycles. The summed E-state index contributed by atoms with van der Waals surface area (Å²) >= 11 is 3.40. The SMILES string of the molecule is COc1ccc(OCCN(C(=O)C2=C(c3ccc(CCCOc4cc(F)ccc4Br)cc3)CC3CN(C(=O)CCCC(N)=O)C[C@H]2N3)C2CC2)cc1. The minimum Gasteiger partial charge on any atom is -0.497 e. The van der Waals surface area contributed by atoms with E-state index in [0.717, 1.165) is 48.1 Å². The Hall–Kier alpha value is -4.42. The lowest BCUT2D eigenvalue weighted by atomic mass is 9.82. The van der Waals surface area contributed by atoms with Gasteiger partial charge in [0.05, 0.1) is 30.8 Å². The van der Waals surface area contributed by atoms with Gasteiger partial charge >= 0.3 is 0 Å². The summed E-state index contributed by atoms with van der Waals surface area (Å²) in [7, 11) is 1.62. The molecule has 2 bridgehead atoms. The summed E-state index contributed by atoms with van der Waals surface area (Å²) in [6.07, 6.45) is 4.83. The molecule has 3 amide bonds. The average molecular weight is 778 g/mol. The Morgan fingerprint density at radius 1 is 0.942 bits per heavy atom. The highest BCUT2D eigenvalue weighted by molar-refractivity contribution is 9.10. The molecule has 2 heterocycles. The van der Waals surface area contributed by atoms with Crippen molar-refractivity contribution in [3.05, 3.63) is 93.7 Å². The lowest BCUT2D eigenvalue weighted by Gasteiger charge is -2.45. The second-order valence-electron chi connectivity index (χ2n) is 13.6. The summed E-state index contributed by atoms with van der Waals surface area (Å²) in [5, 5.41) is 3.66. The number of hydrogen-bond donors (Lipinski definition) is 2. The van der Waals surface area contributed by atoms with Crippen molar-refractivity contribution in [3.63, 3.8) is 0 Å². The first-order valence-corrected chi connectivity index (χ1v) is 18.8. The molecule has 3 aliphatic rings. The van der Waals surface area contributed by atoms with Crippen LogP contribution >= 0.6 is 15.9 Å². The van der Waals surface area contributed by atoms with E-state index in [1.165, 1.54) is 12.1 Å². The largest absolute Gasteiger partial charge is 0.497 e. The lowest BCUT2D eigenvalue weighted by Crippen LogP contribution is -2.62. The molecule has 12 heteroatoms. The topological polar surface area (TPSA) is 123 Å². The number of fused-ring (bicyclic) bond motifs is 2. The second kappa shape index (κ2) is 17.4. The summed E-state index contributed by atoms with van der Waals surface area (Å²) in [6.45, 7) is 2.12. The minimum absolute atomic E-state index is 0.0165. The van der Waals surface area contributed by atoms with E-state index in [1.54, 1.807) is 13.2 Å². The van der Waals surface area contributed by atoms with Crippen LogP contribution in [0, 0.1) is 5.82 Å². The maximum atomic E-state index is 14.7. The Morgan fingerprint density at radius 2 is 1.69 bits per heavy atom. The van der Waals surface area contributed by atoms with Crippen LogP contribution in [0.15, 0.2) is 76.8 Å². The molecule has 3 N–H and O–H groups in total. The number of methoxy groups -OCH3 is 1. The maximum absolute atomic E-state index is 14.7. The molecule has 1 saturated heterocycles. The Morgan fingerprint density at radius 3 is 2.40 bits per heavy atom. The van der Waals surface area contributed by atoms with Crippen molar-refractivity contribution >= 4 is 39.2 Å². The zero-order valence-electron chi connectivity index (χ0n) is 29.5. The fourth-order valence-electron chi connectivity index (χ4n) is 6.99. The average Bonchev–Trinajstić information content (AvgIpc) is 3.98. The number of amides is 3. The van der Waals surface area contributed by atoms with Crippen LogP contribution in [0.5, 0.6) is 17.2 Å². The highest BCUT2D eigenvalue weighted by atomic mass is 79.9. The zero-order valence-corrected chi connectivity index (χ0v) is 31.0. The fourth-order valence-corrected chi connectivity index (χ4v) is 7.35. The molecule has 0 aromatic heterocycles. The van der Waals surface area contributed by atoms with E-state index >= 15 is 0 Å². The fraction of sp³-hybridized carbons (Fsp3) is 0.425. The highest BCUT2D eigenvalue weighted by Crippen LogP contribution is 2.37. The molecule has 0 radical (unpaired) electrons. The molecule has 10 nitrogen and oxygen atoms in total. The molecule has 1 aliphatic carbocycles. The first-order valence-electron chi connectivity index (χ1n) is 18.0. The van der Waals surface area contributed by atoms with Crippen LogP contribution in [0.4, 0.5) is 4.39 Å². The second-order valence-corrected chi connectivity index (χ2v) is 14.5.